The summed E-state index contributed by atoms with van der Waals surface area (Å²) in [5, 5.41) is 0. The molecule has 12 heteroatoms. The van der Waals surface area contributed by atoms with Crippen molar-refractivity contribution in [3.63, 3.8) is 0 Å². The zero-order valence-corrected chi connectivity index (χ0v) is 20.9. The number of methoxy groups -OCH3 is 2. The smallest absolute Gasteiger partial charge is 0.375 e. The predicted molar refractivity (Wildman–Crippen MR) is 113 cm³/mol. The van der Waals surface area contributed by atoms with Crippen molar-refractivity contribution in [2.45, 2.75) is 20.3 Å². The maximum atomic E-state index is 15.0. The average molecular weight is 797 g/mol. The Kier molecular flexibility index (Phi) is 8.75. The van der Waals surface area contributed by atoms with Gasteiger partial charge in [0.05, 0.1) is 13.2 Å². The Morgan fingerprint density at radius 3 is 1.43 bits per heavy atom. The third kappa shape index (κ3) is 4.14. The van der Waals surface area contributed by atoms with Gasteiger partial charge >= 0.3 is 6.17 Å². The highest BCUT2D eigenvalue weighted by Crippen LogP contribution is 2.65. The highest BCUT2D eigenvalue weighted by molar-refractivity contribution is 14.2. The lowest BCUT2D eigenvalue weighted by Gasteiger charge is -2.36. The molecule has 21 heavy (non-hydrogen) atoms. The van der Waals surface area contributed by atoms with Crippen LogP contribution in [0.3, 0.4) is 0 Å². The molecule has 2 unspecified atom stereocenters. The van der Waals surface area contributed by atoms with E-state index in [1.807, 2.05) is 90.4 Å². The minimum absolute atomic E-state index is 0.0284. The van der Waals surface area contributed by atoms with E-state index in [0.717, 1.165) is 9.80 Å². The first-order valence-corrected chi connectivity index (χ1v) is 10.6. The van der Waals surface area contributed by atoms with E-state index in [0.29, 0.717) is 0 Å². The molecule has 0 amide bonds. The van der Waals surface area contributed by atoms with Gasteiger partial charge in [-0.25, -0.2) is 0 Å². The van der Waals surface area contributed by atoms with Crippen molar-refractivity contribution >= 4 is 114 Å². The summed E-state index contributed by atoms with van der Waals surface area (Å²) in [4.78, 5) is 1.83. The first-order valence-electron chi connectivity index (χ1n) is 5.44. The standard InChI is InChI=1S/C9H12Cl2F2I4N2O2/c1-20-3-5(10)18-7(14,15)8(16,17)19(9(18,12)13)6(11)4-21-2/h5-6H,3-4H2,1-2H3. The van der Waals surface area contributed by atoms with Crippen molar-refractivity contribution in [3.8, 4) is 0 Å². The fraction of sp³-hybridized carbons (Fsp3) is 1.00. The van der Waals surface area contributed by atoms with Crippen LogP contribution in [-0.2, 0) is 9.47 Å². The van der Waals surface area contributed by atoms with Crippen molar-refractivity contribution < 1.29 is 18.3 Å². The molecule has 126 valence electrons. The Hall–Kier alpha value is 3.20. The number of hydrogen-bond acceptors (Lipinski definition) is 4. The van der Waals surface area contributed by atoms with E-state index in [2.05, 4.69) is 0 Å². The second-order valence-corrected chi connectivity index (χ2v) is 15.5. The lowest BCUT2D eigenvalue weighted by atomic mass is 10.5. The molecule has 0 radical (unpaired) electrons. The zero-order chi connectivity index (χ0) is 16.6. The third-order valence-electron chi connectivity index (χ3n) is 2.72. The summed E-state index contributed by atoms with van der Waals surface area (Å²) >= 11 is 20.1. The number of rotatable bonds is 6. The van der Waals surface area contributed by atoms with Gasteiger partial charge in [0, 0.05) is 14.2 Å². The molecule has 0 aromatic rings. The summed E-state index contributed by atoms with van der Waals surface area (Å²) in [5.74, 6) is 0. The number of halogens is 8. The molecule has 0 saturated carbocycles. The number of ether oxygens (including phenoxy) is 2. The lowest BCUT2D eigenvalue weighted by Crippen LogP contribution is -2.55. The normalized spacial score (nSPS) is 27.7. The maximum Gasteiger partial charge on any atom is 0.375 e. The van der Waals surface area contributed by atoms with Gasteiger partial charge in [-0.15, -0.1) is 23.2 Å². The van der Waals surface area contributed by atoms with Crippen LogP contribution in [0.2, 0.25) is 0 Å². The van der Waals surface area contributed by atoms with Gasteiger partial charge in [-0.1, -0.05) is 0 Å². The molecular formula is C9H12Cl2F2I4N2O2. The fourth-order valence-corrected chi connectivity index (χ4v) is 6.84. The van der Waals surface area contributed by atoms with Crippen molar-refractivity contribution in [1.29, 1.82) is 0 Å². The van der Waals surface area contributed by atoms with Crippen LogP contribution >= 0.6 is 114 Å². The Morgan fingerprint density at radius 1 is 0.905 bits per heavy atom. The molecule has 1 aliphatic heterocycles. The molecule has 1 rings (SSSR count). The van der Waals surface area contributed by atoms with Crippen LogP contribution in [0.1, 0.15) is 0 Å². The van der Waals surface area contributed by atoms with Gasteiger partial charge in [-0.05, 0) is 90.4 Å². The summed E-state index contributed by atoms with van der Waals surface area (Å²) in [7, 11) is 2.83. The summed E-state index contributed by atoms with van der Waals surface area (Å²) in [6.45, 7) is -0.0569. The zero-order valence-electron chi connectivity index (χ0n) is 10.8. The van der Waals surface area contributed by atoms with E-state index in [1.165, 1.54) is 14.2 Å². The molecule has 1 fully saturated rings. The molecule has 0 aliphatic carbocycles. The summed E-state index contributed by atoms with van der Waals surface area (Å²) < 4.78 is 37.7. The van der Waals surface area contributed by atoms with Gasteiger partial charge in [0.15, 0.2) is 3.10 Å². The van der Waals surface area contributed by atoms with Crippen LogP contribution in [0.5, 0.6) is 0 Å². The highest BCUT2D eigenvalue weighted by Gasteiger charge is 2.75. The van der Waals surface area contributed by atoms with E-state index in [4.69, 9.17) is 32.7 Å². The van der Waals surface area contributed by atoms with E-state index in [1.54, 1.807) is 0 Å². The molecule has 4 nitrogen and oxygen atoms in total. The lowest BCUT2D eigenvalue weighted by molar-refractivity contribution is -0.227. The Bertz CT molecular complexity index is 350. The monoisotopic (exact) mass is 796 g/mol. The minimum Gasteiger partial charge on any atom is -0.382 e. The van der Waals surface area contributed by atoms with E-state index >= 15 is 0 Å². The molecule has 1 aliphatic rings. The van der Waals surface area contributed by atoms with Crippen LogP contribution in [0, 0.1) is 0 Å². The molecule has 1 saturated heterocycles. The minimum atomic E-state index is -3.35. The summed E-state index contributed by atoms with van der Waals surface area (Å²) in [6, 6.07) is 0. The van der Waals surface area contributed by atoms with Crippen LogP contribution in [0.4, 0.5) is 8.78 Å². The second-order valence-electron chi connectivity index (χ2n) is 4.11. The van der Waals surface area contributed by atoms with E-state index < -0.39 is 20.3 Å². The number of hydrogen-bond donors (Lipinski definition) is 0. The average Bonchev–Trinajstić information content (AvgIpc) is 2.37. The maximum absolute atomic E-state index is 15.0. The molecule has 0 bridgehead atoms. The van der Waals surface area contributed by atoms with Crippen LogP contribution in [0.15, 0.2) is 0 Å². The molecule has 0 spiro atoms. The van der Waals surface area contributed by atoms with Gasteiger partial charge in [0.1, 0.15) is 11.0 Å². The van der Waals surface area contributed by atoms with Crippen LogP contribution < -0.4 is 0 Å². The third-order valence-corrected chi connectivity index (χ3v) is 12.7. The van der Waals surface area contributed by atoms with Gasteiger partial charge in [-0.2, -0.15) is 18.6 Å². The first-order chi connectivity index (χ1) is 9.46. The summed E-state index contributed by atoms with van der Waals surface area (Å²) in [6.07, 6.45) is -3.35. The predicted octanol–water partition coefficient (Wildman–Crippen LogP) is 4.62. The number of alkyl halides is 8. The molecule has 1 heterocycles. The highest BCUT2D eigenvalue weighted by atomic mass is 127. The van der Waals surface area contributed by atoms with E-state index in [9.17, 15) is 8.78 Å². The van der Waals surface area contributed by atoms with Crippen LogP contribution in [-0.4, -0.2) is 57.5 Å². The van der Waals surface area contributed by atoms with Crippen molar-refractivity contribution in [2.75, 3.05) is 27.4 Å². The topological polar surface area (TPSA) is 24.9 Å². The second kappa shape index (κ2) is 8.26. The van der Waals surface area contributed by atoms with Crippen molar-refractivity contribution in [2.24, 2.45) is 0 Å². The van der Waals surface area contributed by atoms with Crippen LogP contribution in [0.25, 0.3) is 0 Å². The van der Waals surface area contributed by atoms with Gasteiger partial charge in [-0.3, -0.25) is 0 Å². The summed E-state index contributed by atoms with van der Waals surface area (Å²) in [5.41, 5.74) is -2.00. The Morgan fingerprint density at radius 2 is 1.19 bits per heavy atom. The van der Waals surface area contributed by atoms with Gasteiger partial charge in [0.25, 0.3) is 0 Å². The largest absolute Gasteiger partial charge is 0.382 e. The van der Waals surface area contributed by atoms with E-state index in [-0.39, 0.29) is 13.2 Å². The molecule has 0 aromatic carbocycles. The molecule has 0 N–H and O–H groups in total. The number of nitrogens with zero attached hydrogens (tertiary/aromatic N) is 2. The van der Waals surface area contributed by atoms with Gasteiger partial charge < -0.3 is 9.47 Å². The Labute approximate surface area is 186 Å². The van der Waals surface area contributed by atoms with Crippen molar-refractivity contribution in [3.05, 3.63) is 0 Å². The quantitative estimate of drug-likeness (QED) is 0.223. The molecular weight excluding hydrogens is 785 g/mol. The Balaban J connectivity index is 3.29. The first kappa shape index (κ1) is 22.2. The fourth-order valence-electron chi connectivity index (χ4n) is 1.86. The molecule has 0 aromatic heterocycles. The molecule has 2 atom stereocenters. The SMILES string of the molecule is COCC(Cl)N1C(F)(F)N(C(Cl)COC)C(I)(I)C1(I)I. The van der Waals surface area contributed by atoms with Gasteiger partial charge in [0.2, 0.25) is 0 Å². The van der Waals surface area contributed by atoms with Crippen molar-refractivity contribution in [1.82, 2.24) is 9.80 Å².